The fraction of sp³-hybridized carbons (Fsp3) is 0.300. The molecule has 0 bridgehead atoms. The average Bonchev–Trinajstić information content (AvgIpc) is 2.64. The molecule has 1 aliphatic rings. The molecular weight excluding hydrogens is 354 g/mol. The van der Waals surface area contributed by atoms with E-state index in [2.05, 4.69) is 5.32 Å². The number of amides is 1. The number of anilines is 1. The van der Waals surface area contributed by atoms with E-state index in [1.165, 1.54) is 6.07 Å². The van der Waals surface area contributed by atoms with Crippen LogP contribution in [0.4, 0.5) is 5.69 Å². The summed E-state index contributed by atoms with van der Waals surface area (Å²) < 4.78 is 5.45. The summed E-state index contributed by atoms with van der Waals surface area (Å²) in [7, 11) is 0. The lowest BCUT2D eigenvalue weighted by Gasteiger charge is -2.36. The first-order chi connectivity index (χ1) is 12.4. The number of nitrogens with one attached hydrogen (secondary N) is 1. The van der Waals surface area contributed by atoms with Gasteiger partial charge >= 0.3 is 5.97 Å². The summed E-state index contributed by atoms with van der Waals surface area (Å²) in [6, 6.07) is 12.2. The molecule has 2 aromatic rings. The van der Waals surface area contributed by atoms with Crippen LogP contribution in [0, 0.1) is 6.92 Å². The van der Waals surface area contributed by atoms with Crippen molar-refractivity contribution in [2.75, 3.05) is 18.5 Å². The summed E-state index contributed by atoms with van der Waals surface area (Å²) >= 11 is 6.38. The predicted octanol–water partition coefficient (Wildman–Crippen LogP) is 4.03. The van der Waals surface area contributed by atoms with Crippen molar-refractivity contribution in [1.29, 1.82) is 0 Å². The third-order valence-electron chi connectivity index (χ3n) is 4.90. The van der Waals surface area contributed by atoms with Crippen LogP contribution in [-0.4, -0.2) is 30.2 Å². The number of benzene rings is 2. The maximum atomic E-state index is 13.2. The van der Waals surface area contributed by atoms with Crippen LogP contribution >= 0.6 is 11.6 Å². The lowest BCUT2D eigenvalue weighted by atomic mass is 9.73. The van der Waals surface area contributed by atoms with Crippen molar-refractivity contribution in [1.82, 2.24) is 0 Å². The number of ether oxygens (including phenoxy) is 1. The molecule has 0 atom stereocenters. The van der Waals surface area contributed by atoms with Crippen LogP contribution in [0.3, 0.4) is 0 Å². The fourth-order valence-corrected chi connectivity index (χ4v) is 3.69. The molecule has 3 rings (SSSR count). The van der Waals surface area contributed by atoms with Crippen molar-refractivity contribution in [2.24, 2.45) is 0 Å². The van der Waals surface area contributed by atoms with Gasteiger partial charge in [-0.25, -0.2) is 4.79 Å². The molecule has 1 amide bonds. The number of rotatable bonds is 4. The molecule has 0 unspecified atom stereocenters. The minimum absolute atomic E-state index is 0.168. The van der Waals surface area contributed by atoms with Gasteiger partial charge in [-0.2, -0.15) is 0 Å². The molecule has 136 valence electrons. The fourth-order valence-electron chi connectivity index (χ4n) is 3.37. The van der Waals surface area contributed by atoms with Crippen LogP contribution < -0.4 is 5.32 Å². The van der Waals surface area contributed by atoms with Crippen molar-refractivity contribution < 1.29 is 19.4 Å². The first kappa shape index (κ1) is 18.4. The van der Waals surface area contributed by atoms with E-state index in [1.807, 2.05) is 18.2 Å². The summed E-state index contributed by atoms with van der Waals surface area (Å²) in [5, 5.41) is 12.7. The molecule has 1 fully saturated rings. The van der Waals surface area contributed by atoms with Gasteiger partial charge in [0.1, 0.15) is 0 Å². The molecule has 0 radical (unpaired) electrons. The number of aromatic carboxylic acids is 1. The van der Waals surface area contributed by atoms with Gasteiger partial charge in [-0.15, -0.1) is 0 Å². The second kappa shape index (κ2) is 7.48. The highest BCUT2D eigenvalue weighted by atomic mass is 35.5. The number of hydrogen-bond donors (Lipinski definition) is 2. The summed E-state index contributed by atoms with van der Waals surface area (Å²) in [5.74, 6) is -1.22. The lowest BCUT2D eigenvalue weighted by molar-refractivity contribution is -0.125. The zero-order chi connectivity index (χ0) is 18.7. The number of carbonyl (C=O) groups excluding carboxylic acids is 1. The number of halogens is 1. The van der Waals surface area contributed by atoms with Gasteiger partial charge < -0.3 is 15.2 Å². The van der Waals surface area contributed by atoms with E-state index in [1.54, 1.807) is 25.1 Å². The predicted molar refractivity (Wildman–Crippen MR) is 100.0 cm³/mol. The lowest BCUT2D eigenvalue weighted by Crippen LogP contribution is -2.45. The zero-order valence-electron chi connectivity index (χ0n) is 14.4. The molecule has 6 heteroatoms. The second-order valence-corrected chi connectivity index (χ2v) is 6.87. The minimum atomic E-state index is -1.02. The van der Waals surface area contributed by atoms with Crippen LogP contribution in [0.2, 0.25) is 5.02 Å². The summed E-state index contributed by atoms with van der Waals surface area (Å²) in [6.07, 6.45) is 1.03. The van der Waals surface area contributed by atoms with Crippen LogP contribution in [-0.2, 0) is 14.9 Å². The minimum Gasteiger partial charge on any atom is -0.478 e. The quantitative estimate of drug-likeness (QED) is 0.848. The normalized spacial score (nSPS) is 16.1. The number of aryl methyl sites for hydroxylation is 1. The second-order valence-electron chi connectivity index (χ2n) is 6.46. The molecule has 0 aliphatic carbocycles. The van der Waals surface area contributed by atoms with Crippen molar-refractivity contribution in [3.05, 3.63) is 64.2 Å². The first-order valence-electron chi connectivity index (χ1n) is 8.42. The van der Waals surface area contributed by atoms with Crippen molar-refractivity contribution in [2.45, 2.75) is 25.2 Å². The number of hydrogen-bond acceptors (Lipinski definition) is 3. The Morgan fingerprint density at radius 1 is 1.15 bits per heavy atom. The molecule has 0 spiro atoms. The van der Waals surface area contributed by atoms with E-state index in [0.29, 0.717) is 42.3 Å². The molecule has 1 saturated heterocycles. The molecule has 5 nitrogen and oxygen atoms in total. The summed E-state index contributed by atoms with van der Waals surface area (Å²) in [5.41, 5.74) is 1.23. The van der Waals surface area contributed by atoms with E-state index in [4.69, 9.17) is 16.3 Å². The monoisotopic (exact) mass is 373 g/mol. The Hall–Kier alpha value is -2.37. The Balaban J connectivity index is 1.96. The van der Waals surface area contributed by atoms with Crippen molar-refractivity contribution >= 4 is 29.2 Å². The maximum Gasteiger partial charge on any atom is 0.336 e. The highest BCUT2D eigenvalue weighted by Gasteiger charge is 2.43. The van der Waals surface area contributed by atoms with Gasteiger partial charge in [0.2, 0.25) is 5.91 Å². The number of carboxylic acids is 1. The zero-order valence-corrected chi connectivity index (χ0v) is 15.2. The molecule has 1 heterocycles. The molecule has 0 saturated carbocycles. The van der Waals surface area contributed by atoms with E-state index in [-0.39, 0.29) is 11.5 Å². The number of carboxylic acid groups (broad SMARTS) is 1. The standard InChI is InChI=1S/C20H20ClNO4/c1-13-6-7-14(12-15(13)18(23)24)22-19(25)20(8-10-26-11-9-20)16-4-2-3-5-17(16)21/h2-7,12H,8-11H2,1H3,(H,22,25)(H,23,24). The van der Waals surface area contributed by atoms with Crippen LogP contribution in [0.15, 0.2) is 42.5 Å². The highest BCUT2D eigenvalue weighted by molar-refractivity contribution is 6.31. The highest BCUT2D eigenvalue weighted by Crippen LogP contribution is 2.39. The van der Waals surface area contributed by atoms with Gasteiger partial charge in [0.05, 0.1) is 11.0 Å². The van der Waals surface area contributed by atoms with Crippen molar-refractivity contribution in [3.8, 4) is 0 Å². The topological polar surface area (TPSA) is 75.6 Å². The van der Waals surface area contributed by atoms with Gasteiger partial charge in [0.15, 0.2) is 0 Å². The SMILES string of the molecule is Cc1ccc(NC(=O)C2(c3ccccc3Cl)CCOCC2)cc1C(=O)O. The van der Waals surface area contributed by atoms with Crippen LogP contribution in [0.25, 0.3) is 0 Å². The third-order valence-corrected chi connectivity index (χ3v) is 5.23. The van der Waals surface area contributed by atoms with E-state index in [0.717, 1.165) is 5.56 Å². The maximum absolute atomic E-state index is 13.2. The molecule has 26 heavy (non-hydrogen) atoms. The largest absolute Gasteiger partial charge is 0.478 e. The first-order valence-corrected chi connectivity index (χ1v) is 8.80. The van der Waals surface area contributed by atoms with Crippen LogP contribution in [0.1, 0.15) is 34.3 Å². The Kier molecular flexibility index (Phi) is 5.30. The van der Waals surface area contributed by atoms with Gasteiger partial charge in [0, 0.05) is 23.9 Å². The van der Waals surface area contributed by atoms with Gasteiger partial charge in [0.25, 0.3) is 0 Å². The number of carbonyl (C=O) groups is 2. The Bertz CT molecular complexity index is 843. The Morgan fingerprint density at radius 3 is 2.50 bits per heavy atom. The summed E-state index contributed by atoms with van der Waals surface area (Å²) in [4.78, 5) is 24.6. The molecule has 0 aromatic heterocycles. The van der Waals surface area contributed by atoms with E-state index >= 15 is 0 Å². The van der Waals surface area contributed by atoms with E-state index in [9.17, 15) is 14.7 Å². The van der Waals surface area contributed by atoms with Gasteiger partial charge in [-0.1, -0.05) is 35.9 Å². The molecule has 2 N–H and O–H groups in total. The van der Waals surface area contributed by atoms with Crippen LogP contribution in [0.5, 0.6) is 0 Å². The molecular formula is C20H20ClNO4. The van der Waals surface area contributed by atoms with Gasteiger partial charge in [-0.3, -0.25) is 4.79 Å². The third kappa shape index (κ3) is 3.45. The molecule has 1 aliphatic heterocycles. The summed E-state index contributed by atoms with van der Waals surface area (Å²) in [6.45, 7) is 2.65. The van der Waals surface area contributed by atoms with Crippen molar-refractivity contribution in [3.63, 3.8) is 0 Å². The average molecular weight is 374 g/mol. The smallest absolute Gasteiger partial charge is 0.336 e. The van der Waals surface area contributed by atoms with Gasteiger partial charge in [-0.05, 0) is 49.1 Å². The van der Waals surface area contributed by atoms with E-state index < -0.39 is 11.4 Å². The Labute approximate surface area is 156 Å². The molecule has 2 aromatic carbocycles. The Morgan fingerprint density at radius 2 is 1.85 bits per heavy atom.